The van der Waals surface area contributed by atoms with Crippen LogP contribution in [0.25, 0.3) is 11.0 Å². The number of carbonyl (C=O) groups is 1. The molecule has 1 aromatic heterocycles. The Kier molecular flexibility index (Phi) is 6.41. The van der Waals surface area contributed by atoms with Crippen molar-refractivity contribution in [2.24, 2.45) is 0 Å². The number of hydrogen-bond acceptors (Lipinski definition) is 5. The molecule has 3 aromatic carbocycles. The van der Waals surface area contributed by atoms with Gasteiger partial charge in [0.15, 0.2) is 16.9 Å². The molecule has 1 aliphatic rings. The van der Waals surface area contributed by atoms with Crippen LogP contribution in [-0.2, 0) is 6.42 Å². The highest BCUT2D eigenvalue weighted by Gasteiger charge is 2.42. The van der Waals surface area contributed by atoms with Gasteiger partial charge in [0, 0.05) is 16.6 Å². The van der Waals surface area contributed by atoms with Crippen LogP contribution in [0.2, 0.25) is 10.0 Å². The summed E-state index contributed by atoms with van der Waals surface area (Å²) in [6.45, 7) is 2.16. The van der Waals surface area contributed by atoms with Gasteiger partial charge in [0.1, 0.15) is 5.58 Å². The van der Waals surface area contributed by atoms with Gasteiger partial charge in [-0.2, -0.15) is 0 Å². The summed E-state index contributed by atoms with van der Waals surface area (Å²) in [7, 11) is 3.16. The van der Waals surface area contributed by atoms with E-state index in [-0.39, 0.29) is 17.1 Å². The standard InChI is InChI=1S/C28H23Cl2NO5/c1-15-11-22-19(14-20(15)30)26(32)24-25(17-5-4-6-18(29)13-17)31(28(33)27(24)36-22)10-9-16-7-8-21(34-2)23(12-16)35-3/h4-8,11-14,25H,9-10H2,1-3H3/t25-/m0/s1. The number of ether oxygens (including phenoxy) is 2. The first kappa shape index (κ1) is 24.2. The third-order valence-electron chi connectivity index (χ3n) is 6.50. The van der Waals surface area contributed by atoms with E-state index in [0.29, 0.717) is 51.0 Å². The van der Waals surface area contributed by atoms with E-state index >= 15 is 0 Å². The number of halogens is 2. The van der Waals surface area contributed by atoms with Gasteiger partial charge in [-0.1, -0.05) is 41.4 Å². The van der Waals surface area contributed by atoms with Gasteiger partial charge < -0.3 is 18.8 Å². The molecule has 0 N–H and O–H groups in total. The fraction of sp³-hybridized carbons (Fsp3) is 0.214. The molecule has 0 spiro atoms. The molecule has 2 heterocycles. The summed E-state index contributed by atoms with van der Waals surface area (Å²) in [6, 6.07) is 15.4. The lowest BCUT2D eigenvalue weighted by Crippen LogP contribution is -2.31. The van der Waals surface area contributed by atoms with Gasteiger partial charge in [-0.05, 0) is 66.4 Å². The minimum absolute atomic E-state index is 0.0477. The summed E-state index contributed by atoms with van der Waals surface area (Å²) in [5.74, 6) is 0.930. The quantitative estimate of drug-likeness (QED) is 0.300. The first-order chi connectivity index (χ1) is 17.3. The zero-order valence-corrected chi connectivity index (χ0v) is 21.4. The molecular formula is C28H23Cl2NO5. The van der Waals surface area contributed by atoms with E-state index in [1.165, 1.54) is 0 Å². The molecule has 0 fully saturated rings. The first-order valence-corrected chi connectivity index (χ1v) is 12.1. The maximum atomic E-state index is 13.7. The molecule has 0 saturated heterocycles. The van der Waals surface area contributed by atoms with E-state index in [1.54, 1.807) is 49.5 Å². The van der Waals surface area contributed by atoms with E-state index in [4.69, 9.17) is 37.1 Å². The van der Waals surface area contributed by atoms with Gasteiger partial charge in [0.25, 0.3) is 5.91 Å². The molecular weight excluding hydrogens is 501 g/mol. The number of aryl methyl sites for hydroxylation is 1. The van der Waals surface area contributed by atoms with Crippen molar-refractivity contribution in [3.63, 3.8) is 0 Å². The number of hydrogen-bond donors (Lipinski definition) is 0. The highest BCUT2D eigenvalue weighted by atomic mass is 35.5. The van der Waals surface area contributed by atoms with Crippen molar-refractivity contribution in [3.8, 4) is 11.5 Å². The zero-order chi connectivity index (χ0) is 25.6. The zero-order valence-electron chi connectivity index (χ0n) is 19.9. The summed E-state index contributed by atoms with van der Waals surface area (Å²) < 4.78 is 16.8. The molecule has 0 saturated carbocycles. The highest BCUT2D eigenvalue weighted by molar-refractivity contribution is 6.32. The molecule has 1 atom stereocenters. The van der Waals surface area contributed by atoms with E-state index in [2.05, 4.69) is 0 Å². The number of nitrogens with zero attached hydrogens (tertiary/aromatic N) is 1. The second-order valence-electron chi connectivity index (χ2n) is 8.67. The van der Waals surface area contributed by atoms with Crippen LogP contribution in [0.15, 0.2) is 63.8 Å². The van der Waals surface area contributed by atoms with Crippen molar-refractivity contribution in [1.29, 1.82) is 0 Å². The average Bonchev–Trinajstić information content (AvgIpc) is 3.15. The molecule has 6 nitrogen and oxygen atoms in total. The fourth-order valence-corrected chi connectivity index (χ4v) is 5.04. The Labute approximate surface area is 217 Å². The SMILES string of the molecule is COc1ccc(CCN2C(=O)c3oc4cc(C)c(Cl)cc4c(=O)c3[C@@H]2c2cccc(Cl)c2)cc1OC. The molecule has 1 aliphatic heterocycles. The summed E-state index contributed by atoms with van der Waals surface area (Å²) >= 11 is 12.6. The molecule has 0 unspecified atom stereocenters. The molecule has 0 radical (unpaired) electrons. The number of amides is 1. The van der Waals surface area contributed by atoms with Gasteiger partial charge in [-0.3, -0.25) is 9.59 Å². The molecule has 8 heteroatoms. The summed E-state index contributed by atoms with van der Waals surface area (Å²) in [5.41, 5.74) is 2.79. The largest absolute Gasteiger partial charge is 0.493 e. The van der Waals surface area contributed by atoms with Crippen molar-refractivity contribution >= 4 is 40.1 Å². The Morgan fingerprint density at radius 2 is 1.75 bits per heavy atom. The van der Waals surface area contributed by atoms with E-state index < -0.39 is 6.04 Å². The highest BCUT2D eigenvalue weighted by Crippen LogP contribution is 2.39. The van der Waals surface area contributed by atoms with Crippen LogP contribution < -0.4 is 14.9 Å². The first-order valence-electron chi connectivity index (χ1n) is 11.4. The maximum absolute atomic E-state index is 13.7. The van der Waals surface area contributed by atoms with Crippen LogP contribution in [0.4, 0.5) is 0 Å². The second kappa shape index (κ2) is 9.52. The van der Waals surface area contributed by atoms with Gasteiger partial charge in [-0.15, -0.1) is 0 Å². The third-order valence-corrected chi connectivity index (χ3v) is 7.14. The Morgan fingerprint density at radius 1 is 0.972 bits per heavy atom. The van der Waals surface area contributed by atoms with E-state index in [1.807, 2.05) is 31.2 Å². The Hall–Kier alpha value is -3.48. The number of carbonyl (C=O) groups excluding carboxylic acids is 1. The van der Waals surface area contributed by atoms with Gasteiger partial charge >= 0.3 is 0 Å². The van der Waals surface area contributed by atoms with E-state index in [9.17, 15) is 9.59 Å². The van der Waals surface area contributed by atoms with Gasteiger partial charge in [0.05, 0.1) is 31.2 Å². The molecule has 36 heavy (non-hydrogen) atoms. The minimum atomic E-state index is -0.646. The Balaban J connectivity index is 1.61. The molecule has 4 aromatic rings. The lowest BCUT2D eigenvalue weighted by atomic mass is 9.98. The van der Waals surface area contributed by atoms with Gasteiger partial charge in [0.2, 0.25) is 5.76 Å². The molecule has 5 rings (SSSR count). The lowest BCUT2D eigenvalue weighted by molar-refractivity contribution is 0.0730. The van der Waals surface area contributed by atoms with Crippen LogP contribution in [0, 0.1) is 6.92 Å². The number of methoxy groups -OCH3 is 2. The van der Waals surface area contributed by atoms with Crippen LogP contribution in [0.3, 0.4) is 0 Å². The minimum Gasteiger partial charge on any atom is -0.493 e. The van der Waals surface area contributed by atoms with Crippen molar-refractivity contribution in [2.45, 2.75) is 19.4 Å². The second-order valence-corrected chi connectivity index (χ2v) is 9.51. The molecule has 0 bridgehead atoms. The van der Waals surface area contributed by atoms with Crippen molar-refractivity contribution < 1.29 is 18.7 Å². The Morgan fingerprint density at radius 3 is 2.47 bits per heavy atom. The molecule has 184 valence electrons. The third kappa shape index (κ3) is 4.10. The van der Waals surface area contributed by atoms with Crippen molar-refractivity contribution in [1.82, 2.24) is 4.90 Å². The van der Waals surface area contributed by atoms with Crippen LogP contribution in [-0.4, -0.2) is 31.6 Å². The normalized spacial score (nSPS) is 14.9. The monoisotopic (exact) mass is 523 g/mol. The summed E-state index contributed by atoms with van der Waals surface area (Å²) in [6.07, 6.45) is 0.524. The summed E-state index contributed by atoms with van der Waals surface area (Å²) in [4.78, 5) is 29.0. The van der Waals surface area contributed by atoms with Crippen LogP contribution in [0.1, 0.15) is 38.9 Å². The predicted molar refractivity (Wildman–Crippen MR) is 140 cm³/mol. The predicted octanol–water partition coefficient (Wildman–Crippen LogP) is 6.21. The molecule has 0 aliphatic carbocycles. The average molecular weight is 524 g/mol. The number of rotatable bonds is 6. The van der Waals surface area contributed by atoms with Gasteiger partial charge in [-0.25, -0.2) is 0 Å². The smallest absolute Gasteiger partial charge is 0.290 e. The van der Waals surface area contributed by atoms with Crippen molar-refractivity contribution in [3.05, 3.63) is 103 Å². The number of fused-ring (bicyclic) bond motifs is 2. The number of benzene rings is 3. The van der Waals surface area contributed by atoms with Crippen LogP contribution >= 0.6 is 23.2 Å². The van der Waals surface area contributed by atoms with Crippen molar-refractivity contribution in [2.75, 3.05) is 20.8 Å². The maximum Gasteiger partial charge on any atom is 0.290 e. The van der Waals surface area contributed by atoms with Crippen LogP contribution in [0.5, 0.6) is 11.5 Å². The Bertz CT molecular complexity index is 1560. The summed E-state index contributed by atoms with van der Waals surface area (Å²) in [5, 5.41) is 1.31. The lowest BCUT2D eigenvalue weighted by Gasteiger charge is -2.25. The van der Waals surface area contributed by atoms with E-state index in [0.717, 1.165) is 16.7 Å². The fourth-order valence-electron chi connectivity index (χ4n) is 4.68. The molecule has 1 amide bonds. The topological polar surface area (TPSA) is 69.0 Å².